The highest BCUT2D eigenvalue weighted by molar-refractivity contribution is 7.13. The zero-order valence-electron chi connectivity index (χ0n) is 11.1. The van der Waals surface area contributed by atoms with Gasteiger partial charge in [-0.15, -0.1) is 11.3 Å². The van der Waals surface area contributed by atoms with Gasteiger partial charge in [-0.25, -0.2) is 9.78 Å². The highest BCUT2D eigenvalue weighted by Crippen LogP contribution is 2.23. The minimum Gasteiger partial charge on any atom is -0.486 e. The van der Waals surface area contributed by atoms with Crippen molar-refractivity contribution in [3.8, 4) is 5.75 Å². The van der Waals surface area contributed by atoms with Crippen molar-refractivity contribution in [3.05, 3.63) is 44.9 Å². The van der Waals surface area contributed by atoms with Gasteiger partial charge in [-0.05, 0) is 38.0 Å². The molecule has 0 saturated heterocycles. The molecule has 0 saturated carbocycles. The smallest absolute Gasteiger partial charge is 0.347 e. The minimum absolute atomic E-state index is 0.277. The second kappa shape index (κ2) is 5.40. The van der Waals surface area contributed by atoms with Gasteiger partial charge >= 0.3 is 5.97 Å². The fourth-order valence-electron chi connectivity index (χ4n) is 1.73. The summed E-state index contributed by atoms with van der Waals surface area (Å²) >= 11 is 1.16. The zero-order chi connectivity index (χ0) is 14.0. The molecule has 2 rings (SSSR count). The van der Waals surface area contributed by atoms with Crippen LogP contribution in [-0.4, -0.2) is 16.1 Å². The van der Waals surface area contributed by atoms with E-state index in [1.165, 1.54) is 5.56 Å². The van der Waals surface area contributed by atoms with Crippen LogP contribution in [0.3, 0.4) is 0 Å². The van der Waals surface area contributed by atoms with E-state index in [1.807, 2.05) is 32.0 Å². The second-order valence-electron chi connectivity index (χ2n) is 4.31. The predicted octanol–water partition coefficient (Wildman–Crippen LogP) is 3.35. The summed E-state index contributed by atoms with van der Waals surface area (Å²) in [4.78, 5) is 15.4. The predicted molar refractivity (Wildman–Crippen MR) is 74.1 cm³/mol. The monoisotopic (exact) mass is 277 g/mol. The van der Waals surface area contributed by atoms with Crippen LogP contribution in [-0.2, 0) is 6.61 Å². The van der Waals surface area contributed by atoms with E-state index in [1.54, 1.807) is 6.92 Å². The number of nitrogens with zero attached hydrogens (tertiary/aromatic N) is 1. The van der Waals surface area contributed by atoms with E-state index < -0.39 is 5.97 Å². The van der Waals surface area contributed by atoms with Crippen molar-refractivity contribution >= 4 is 17.3 Å². The Kier molecular flexibility index (Phi) is 3.85. The number of benzene rings is 1. The van der Waals surface area contributed by atoms with E-state index in [0.717, 1.165) is 22.6 Å². The Morgan fingerprint density at radius 1 is 1.37 bits per heavy atom. The van der Waals surface area contributed by atoms with Crippen molar-refractivity contribution in [3.63, 3.8) is 0 Å². The van der Waals surface area contributed by atoms with Crippen molar-refractivity contribution in [1.82, 2.24) is 4.98 Å². The second-order valence-corrected chi connectivity index (χ2v) is 5.40. The summed E-state index contributed by atoms with van der Waals surface area (Å²) in [5.74, 6) is -0.127. The van der Waals surface area contributed by atoms with Crippen molar-refractivity contribution in [1.29, 1.82) is 0 Å². The van der Waals surface area contributed by atoms with Gasteiger partial charge in [-0.2, -0.15) is 0 Å². The molecule has 5 heteroatoms. The first-order chi connectivity index (χ1) is 8.99. The van der Waals surface area contributed by atoms with E-state index in [2.05, 4.69) is 4.98 Å². The molecule has 2 aromatic rings. The fourth-order valence-corrected chi connectivity index (χ4v) is 2.55. The van der Waals surface area contributed by atoms with Crippen molar-refractivity contribution in [2.45, 2.75) is 27.4 Å². The summed E-state index contributed by atoms with van der Waals surface area (Å²) in [5, 5.41) is 9.65. The van der Waals surface area contributed by atoms with Crippen LogP contribution in [0.2, 0.25) is 0 Å². The molecule has 100 valence electrons. The van der Waals surface area contributed by atoms with Gasteiger partial charge in [-0.1, -0.05) is 12.1 Å². The van der Waals surface area contributed by atoms with Crippen molar-refractivity contribution < 1.29 is 14.6 Å². The third-order valence-corrected chi connectivity index (χ3v) is 4.06. The van der Waals surface area contributed by atoms with Crippen LogP contribution in [0.1, 0.15) is 31.5 Å². The maximum atomic E-state index is 10.9. The number of hydrogen-bond acceptors (Lipinski definition) is 4. The standard InChI is InChI=1S/C14H15NO3S/c1-8-5-4-6-11(9(8)2)18-7-12-15-10(3)13(19-12)14(16)17/h4-6H,7H2,1-3H3,(H,16,17). The number of aromatic carboxylic acids is 1. The summed E-state index contributed by atoms with van der Waals surface area (Å²) < 4.78 is 5.71. The molecule has 1 aromatic carbocycles. The average molecular weight is 277 g/mol. The fraction of sp³-hybridized carbons (Fsp3) is 0.286. The van der Waals surface area contributed by atoms with Gasteiger partial charge in [-0.3, -0.25) is 0 Å². The SMILES string of the molecule is Cc1cccc(OCc2nc(C)c(C(=O)O)s2)c1C. The van der Waals surface area contributed by atoms with Gasteiger partial charge in [0.1, 0.15) is 22.2 Å². The van der Waals surface area contributed by atoms with Gasteiger partial charge in [0.25, 0.3) is 0 Å². The number of aromatic nitrogens is 1. The molecule has 4 nitrogen and oxygen atoms in total. The van der Waals surface area contributed by atoms with Crippen LogP contribution in [0.15, 0.2) is 18.2 Å². The normalized spacial score (nSPS) is 10.5. The minimum atomic E-state index is -0.937. The van der Waals surface area contributed by atoms with Crippen LogP contribution in [0.4, 0.5) is 0 Å². The lowest BCUT2D eigenvalue weighted by molar-refractivity contribution is 0.0701. The molecule has 0 aliphatic rings. The number of thiazole rings is 1. The maximum absolute atomic E-state index is 10.9. The van der Waals surface area contributed by atoms with Crippen LogP contribution in [0.25, 0.3) is 0 Å². The Labute approximate surface area is 115 Å². The highest BCUT2D eigenvalue weighted by atomic mass is 32.1. The summed E-state index contributed by atoms with van der Waals surface area (Å²) in [5.41, 5.74) is 2.80. The van der Waals surface area contributed by atoms with Gasteiger partial charge in [0.2, 0.25) is 0 Å². The third-order valence-electron chi connectivity index (χ3n) is 2.94. The molecule has 0 aliphatic carbocycles. The molecule has 0 unspecified atom stereocenters. The van der Waals surface area contributed by atoms with Crippen molar-refractivity contribution in [2.75, 3.05) is 0 Å². The Hall–Kier alpha value is -1.88. The van der Waals surface area contributed by atoms with E-state index in [4.69, 9.17) is 9.84 Å². The molecule has 1 aromatic heterocycles. The topological polar surface area (TPSA) is 59.4 Å². The summed E-state index contributed by atoms with van der Waals surface area (Å²) in [6, 6.07) is 5.87. The Bertz CT molecular complexity index is 619. The Morgan fingerprint density at radius 3 is 2.74 bits per heavy atom. The number of hydrogen-bond donors (Lipinski definition) is 1. The summed E-state index contributed by atoms with van der Waals surface area (Å²) in [6.45, 7) is 6.02. The molecular formula is C14H15NO3S. The first-order valence-electron chi connectivity index (χ1n) is 5.87. The van der Waals surface area contributed by atoms with Crippen LogP contribution in [0, 0.1) is 20.8 Å². The zero-order valence-corrected chi connectivity index (χ0v) is 11.9. The largest absolute Gasteiger partial charge is 0.486 e. The molecule has 0 amide bonds. The lowest BCUT2D eigenvalue weighted by Gasteiger charge is -2.09. The first-order valence-corrected chi connectivity index (χ1v) is 6.69. The molecule has 19 heavy (non-hydrogen) atoms. The molecule has 0 fully saturated rings. The Morgan fingerprint density at radius 2 is 2.11 bits per heavy atom. The molecule has 0 atom stereocenters. The van der Waals surface area contributed by atoms with Crippen LogP contribution in [0.5, 0.6) is 5.75 Å². The molecule has 0 spiro atoms. The van der Waals surface area contributed by atoms with Gasteiger partial charge < -0.3 is 9.84 Å². The van der Waals surface area contributed by atoms with E-state index >= 15 is 0 Å². The van der Waals surface area contributed by atoms with Crippen molar-refractivity contribution in [2.24, 2.45) is 0 Å². The summed E-state index contributed by atoms with van der Waals surface area (Å²) in [6.07, 6.45) is 0. The lowest BCUT2D eigenvalue weighted by atomic mass is 10.1. The lowest BCUT2D eigenvalue weighted by Crippen LogP contribution is -1.97. The van der Waals surface area contributed by atoms with E-state index in [0.29, 0.717) is 17.3 Å². The van der Waals surface area contributed by atoms with Crippen LogP contribution < -0.4 is 4.74 Å². The van der Waals surface area contributed by atoms with Gasteiger partial charge in [0.15, 0.2) is 0 Å². The van der Waals surface area contributed by atoms with Gasteiger partial charge in [0, 0.05) is 0 Å². The molecule has 0 aliphatic heterocycles. The molecular weight excluding hydrogens is 262 g/mol. The maximum Gasteiger partial charge on any atom is 0.347 e. The highest BCUT2D eigenvalue weighted by Gasteiger charge is 2.14. The van der Waals surface area contributed by atoms with Crippen LogP contribution >= 0.6 is 11.3 Å². The molecule has 0 radical (unpaired) electrons. The average Bonchev–Trinajstić information content (AvgIpc) is 2.73. The number of aryl methyl sites for hydroxylation is 2. The number of ether oxygens (including phenoxy) is 1. The number of carboxylic acids is 1. The molecule has 1 heterocycles. The number of carbonyl (C=O) groups is 1. The molecule has 1 N–H and O–H groups in total. The van der Waals surface area contributed by atoms with Gasteiger partial charge in [0.05, 0.1) is 5.69 Å². The first kappa shape index (κ1) is 13.5. The van der Waals surface area contributed by atoms with E-state index in [-0.39, 0.29) is 4.88 Å². The third kappa shape index (κ3) is 2.93. The van der Waals surface area contributed by atoms with E-state index in [9.17, 15) is 4.79 Å². The molecule has 0 bridgehead atoms. The summed E-state index contributed by atoms with van der Waals surface area (Å²) in [7, 11) is 0. The quantitative estimate of drug-likeness (QED) is 0.931. The number of rotatable bonds is 4. The Balaban J connectivity index is 2.13. The number of carboxylic acid groups (broad SMARTS) is 1.